The summed E-state index contributed by atoms with van der Waals surface area (Å²) in [4.78, 5) is 0. The van der Waals surface area contributed by atoms with Crippen molar-refractivity contribution in [2.24, 2.45) is 0 Å². The molecule has 0 unspecified atom stereocenters. The molecule has 1 N–H and O–H groups in total. The molecule has 4 heteroatoms. The predicted octanol–water partition coefficient (Wildman–Crippen LogP) is 4.00. The van der Waals surface area contributed by atoms with Crippen LogP contribution in [0.5, 0.6) is 5.75 Å². The zero-order chi connectivity index (χ0) is 15.2. The lowest BCUT2D eigenvalue weighted by Crippen LogP contribution is -2.11. The number of methoxy groups -OCH3 is 1. The van der Waals surface area contributed by atoms with Gasteiger partial charge in [-0.15, -0.1) is 0 Å². The Hall–Kier alpha value is -2.02. The lowest BCUT2D eigenvalue weighted by molar-refractivity contribution is 0.416. The molecule has 0 fully saturated rings. The molecule has 21 heavy (non-hydrogen) atoms. The minimum absolute atomic E-state index is 0.596. The number of ether oxygens (including phenoxy) is 1. The van der Waals surface area contributed by atoms with Crippen LogP contribution in [0.3, 0.4) is 0 Å². The summed E-state index contributed by atoms with van der Waals surface area (Å²) >= 11 is 6.34. The van der Waals surface area contributed by atoms with Crippen LogP contribution in [-0.2, 0) is 6.54 Å². The van der Waals surface area contributed by atoms with Crippen molar-refractivity contribution in [3.05, 3.63) is 52.5 Å². The van der Waals surface area contributed by atoms with Crippen molar-refractivity contribution >= 4 is 11.6 Å². The lowest BCUT2D eigenvalue weighted by Gasteiger charge is -2.11. The predicted molar refractivity (Wildman–Crippen MR) is 85.5 cm³/mol. The van der Waals surface area contributed by atoms with E-state index in [4.69, 9.17) is 21.6 Å². The van der Waals surface area contributed by atoms with E-state index in [2.05, 4.69) is 18.3 Å². The van der Waals surface area contributed by atoms with Crippen molar-refractivity contribution in [3.63, 3.8) is 0 Å². The van der Waals surface area contributed by atoms with E-state index in [1.165, 1.54) is 0 Å². The van der Waals surface area contributed by atoms with Crippen molar-refractivity contribution in [1.29, 1.82) is 5.26 Å². The van der Waals surface area contributed by atoms with Crippen LogP contribution in [0.4, 0.5) is 0 Å². The van der Waals surface area contributed by atoms with Gasteiger partial charge >= 0.3 is 0 Å². The Morgan fingerprint density at radius 2 is 2.05 bits per heavy atom. The van der Waals surface area contributed by atoms with Gasteiger partial charge in [0, 0.05) is 17.1 Å². The van der Waals surface area contributed by atoms with E-state index in [1.807, 2.05) is 24.3 Å². The first kappa shape index (κ1) is 15.4. The largest absolute Gasteiger partial charge is 0.496 e. The number of halogens is 1. The Morgan fingerprint density at radius 3 is 2.67 bits per heavy atom. The number of benzene rings is 2. The molecule has 3 nitrogen and oxygen atoms in total. The van der Waals surface area contributed by atoms with Gasteiger partial charge in [0.25, 0.3) is 0 Å². The topological polar surface area (TPSA) is 45.0 Å². The summed E-state index contributed by atoms with van der Waals surface area (Å²) in [5, 5.41) is 13.0. The number of rotatable bonds is 5. The van der Waals surface area contributed by atoms with Crippen LogP contribution in [0.25, 0.3) is 11.1 Å². The van der Waals surface area contributed by atoms with E-state index < -0.39 is 0 Å². The average molecular weight is 301 g/mol. The monoisotopic (exact) mass is 300 g/mol. The maximum Gasteiger partial charge on any atom is 0.126 e. The van der Waals surface area contributed by atoms with Gasteiger partial charge in [-0.1, -0.05) is 30.7 Å². The molecule has 2 aromatic carbocycles. The van der Waals surface area contributed by atoms with Crippen LogP contribution in [0, 0.1) is 11.3 Å². The number of nitrogens with one attached hydrogen (secondary N) is 1. The van der Waals surface area contributed by atoms with E-state index in [0.717, 1.165) is 35.5 Å². The fourth-order valence-corrected chi connectivity index (χ4v) is 2.37. The zero-order valence-electron chi connectivity index (χ0n) is 12.1. The Kier molecular flexibility index (Phi) is 5.21. The van der Waals surface area contributed by atoms with E-state index in [0.29, 0.717) is 10.6 Å². The summed E-state index contributed by atoms with van der Waals surface area (Å²) in [6.45, 7) is 3.70. The first-order valence-electron chi connectivity index (χ1n) is 6.77. The van der Waals surface area contributed by atoms with Crippen molar-refractivity contribution in [3.8, 4) is 22.9 Å². The van der Waals surface area contributed by atoms with Crippen LogP contribution in [-0.4, -0.2) is 13.7 Å². The second-order valence-corrected chi connectivity index (χ2v) is 5.02. The standard InChI is InChI=1S/C17H17ClN2O/c1-3-20-11-14-6-5-13(9-16(14)18)15-8-12(10-19)4-7-17(15)21-2/h4-9,20H,3,11H2,1-2H3. The highest BCUT2D eigenvalue weighted by molar-refractivity contribution is 6.31. The number of hydrogen-bond acceptors (Lipinski definition) is 3. The Morgan fingerprint density at radius 1 is 1.24 bits per heavy atom. The van der Waals surface area contributed by atoms with E-state index in [9.17, 15) is 0 Å². The summed E-state index contributed by atoms with van der Waals surface area (Å²) in [6, 6.07) is 13.4. The summed E-state index contributed by atoms with van der Waals surface area (Å²) < 4.78 is 5.37. The first-order valence-corrected chi connectivity index (χ1v) is 7.15. The number of nitriles is 1. The smallest absolute Gasteiger partial charge is 0.126 e. The fraction of sp³-hybridized carbons (Fsp3) is 0.235. The van der Waals surface area contributed by atoms with Crippen LogP contribution >= 0.6 is 11.6 Å². The van der Waals surface area contributed by atoms with E-state index >= 15 is 0 Å². The van der Waals surface area contributed by atoms with Gasteiger partial charge in [-0.25, -0.2) is 0 Å². The van der Waals surface area contributed by atoms with Crippen molar-refractivity contribution in [2.45, 2.75) is 13.5 Å². The van der Waals surface area contributed by atoms with Crippen LogP contribution < -0.4 is 10.1 Å². The number of nitrogens with zero attached hydrogens (tertiary/aromatic N) is 1. The van der Waals surface area contributed by atoms with Gasteiger partial charge in [-0.05, 0) is 41.9 Å². The molecule has 2 aromatic rings. The minimum atomic E-state index is 0.596. The quantitative estimate of drug-likeness (QED) is 0.908. The molecule has 0 saturated heterocycles. The van der Waals surface area contributed by atoms with Gasteiger partial charge in [0.15, 0.2) is 0 Å². The van der Waals surface area contributed by atoms with Gasteiger partial charge in [0.1, 0.15) is 5.75 Å². The SMILES string of the molecule is CCNCc1ccc(-c2cc(C#N)ccc2OC)cc1Cl. The fourth-order valence-electron chi connectivity index (χ4n) is 2.12. The molecule has 0 heterocycles. The van der Waals surface area contributed by atoms with E-state index in [-0.39, 0.29) is 0 Å². The summed E-state index contributed by atoms with van der Waals surface area (Å²) in [5.74, 6) is 0.726. The van der Waals surface area contributed by atoms with Crippen molar-refractivity contribution < 1.29 is 4.74 Å². The lowest BCUT2D eigenvalue weighted by atomic mass is 10.0. The van der Waals surface area contributed by atoms with Gasteiger partial charge in [0.05, 0.1) is 18.7 Å². The van der Waals surface area contributed by atoms with Crippen LogP contribution in [0.2, 0.25) is 5.02 Å². The molecule has 0 saturated carbocycles. The molecule has 0 amide bonds. The molecule has 0 bridgehead atoms. The molecule has 0 spiro atoms. The highest BCUT2D eigenvalue weighted by atomic mass is 35.5. The molecular weight excluding hydrogens is 284 g/mol. The van der Waals surface area contributed by atoms with E-state index in [1.54, 1.807) is 19.2 Å². The second-order valence-electron chi connectivity index (χ2n) is 4.61. The Labute approximate surface area is 130 Å². The third-order valence-corrected chi connectivity index (χ3v) is 3.61. The molecule has 0 radical (unpaired) electrons. The van der Waals surface area contributed by atoms with Gasteiger partial charge < -0.3 is 10.1 Å². The highest BCUT2D eigenvalue weighted by Crippen LogP contribution is 2.33. The molecule has 0 aliphatic carbocycles. The molecule has 2 rings (SSSR count). The van der Waals surface area contributed by atoms with Gasteiger partial charge in [-0.3, -0.25) is 0 Å². The number of hydrogen-bond donors (Lipinski definition) is 1. The zero-order valence-corrected chi connectivity index (χ0v) is 12.9. The molecule has 0 aliphatic heterocycles. The van der Waals surface area contributed by atoms with Gasteiger partial charge in [-0.2, -0.15) is 5.26 Å². The molecule has 0 aliphatic rings. The van der Waals surface area contributed by atoms with Crippen molar-refractivity contribution in [1.82, 2.24) is 5.32 Å². The summed E-state index contributed by atoms with van der Waals surface area (Å²) in [5.41, 5.74) is 3.46. The third-order valence-electron chi connectivity index (χ3n) is 3.26. The Bertz CT molecular complexity index is 677. The van der Waals surface area contributed by atoms with Gasteiger partial charge in [0.2, 0.25) is 0 Å². The maximum absolute atomic E-state index is 9.04. The second kappa shape index (κ2) is 7.12. The highest BCUT2D eigenvalue weighted by Gasteiger charge is 2.09. The molecule has 0 aromatic heterocycles. The summed E-state index contributed by atoms with van der Waals surface area (Å²) in [6.07, 6.45) is 0. The normalized spacial score (nSPS) is 10.2. The van der Waals surface area contributed by atoms with Crippen molar-refractivity contribution in [2.75, 3.05) is 13.7 Å². The molecule has 108 valence electrons. The maximum atomic E-state index is 9.04. The Balaban J connectivity index is 2.42. The third kappa shape index (κ3) is 3.55. The summed E-state index contributed by atoms with van der Waals surface area (Å²) in [7, 11) is 1.62. The molecule has 0 atom stereocenters. The van der Waals surface area contributed by atoms with Crippen LogP contribution in [0.15, 0.2) is 36.4 Å². The van der Waals surface area contributed by atoms with Crippen LogP contribution in [0.1, 0.15) is 18.1 Å². The minimum Gasteiger partial charge on any atom is -0.496 e. The molecular formula is C17H17ClN2O. The first-order chi connectivity index (χ1) is 10.2. The average Bonchev–Trinajstić information content (AvgIpc) is 2.53.